The number of carbonyl (C=O) groups is 1. The molecule has 4 rings (SSSR count). The van der Waals surface area contributed by atoms with E-state index < -0.39 is 0 Å². The van der Waals surface area contributed by atoms with Crippen molar-refractivity contribution in [1.29, 1.82) is 0 Å². The Kier molecular flexibility index (Phi) is 6.08. The first-order chi connectivity index (χ1) is 14.2. The van der Waals surface area contributed by atoms with Crippen LogP contribution in [0, 0.1) is 52.3 Å². The van der Waals surface area contributed by atoms with E-state index >= 15 is 0 Å². The Balaban J connectivity index is 1.51. The zero-order valence-electron chi connectivity index (χ0n) is 20.1. The summed E-state index contributed by atoms with van der Waals surface area (Å²) in [5.41, 5.74) is 10.5. The normalized spacial score (nSPS) is 44.3. The Bertz CT molecular complexity index is 722. The summed E-state index contributed by atoms with van der Waals surface area (Å²) in [5.74, 6) is 5.53. The highest BCUT2D eigenvalue weighted by Crippen LogP contribution is 2.68. The van der Waals surface area contributed by atoms with Crippen molar-refractivity contribution < 1.29 is 9.58 Å². The van der Waals surface area contributed by atoms with E-state index in [4.69, 9.17) is 0 Å². The molecule has 0 N–H and O–H groups in total. The number of ketones is 1. The van der Waals surface area contributed by atoms with E-state index in [1.54, 1.807) is 0 Å². The number of carbonyl (C=O) groups excluding carboxylic acids is 1. The number of nitrogens with zero attached hydrogens (tertiary/aromatic N) is 2. The van der Waals surface area contributed by atoms with Gasteiger partial charge in [0.15, 0.2) is 0 Å². The van der Waals surface area contributed by atoms with E-state index in [0.29, 0.717) is 35.8 Å². The van der Waals surface area contributed by atoms with E-state index in [2.05, 4.69) is 39.4 Å². The lowest BCUT2D eigenvalue weighted by Gasteiger charge is -2.59. The van der Waals surface area contributed by atoms with Gasteiger partial charge in [0.25, 0.3) is 0 Å². The van der Waals surface area contributed by atoms with Gasteiger partial charge in [-0.05, 0) is 90.8 Å². The molecule has 0 aromatic carbocycles. The van der Waals surface area contributed by atoms with Gasteiger partial charge >= 0.3 is 5.71 Å². The summed E-state index contributed by atoms with van der Waals surface area (Å²) in [5, 5.41) is 0. The van der Waals surface area contributed by atoms with E-state index in [-0.39, 0.29) is 11.2 Å². The molecule has 0 aliphatic heterocycles. The first-order valence-electron chi connectivity index (χ1n) is 12.9. The molecule has 4 saturated carbocycles. The van der Waals surface area contributed by atoms with Crippen molar-refractivity contribution in [3.63, 3.8) is 0 Å². The molecule has 0 bridgehead atoms. The summed E-state index contributed by atoms with van der Waals surface area (Å²) >= 11 is 0. The second-order valence-corrected chi connectivity index (χ2v) is 12.5. The van der Waals surface area contributed by atoms with Crippen molar-refractivity contribution in [3.8, 4) is 0 Å². The molecule has 4 aliphatic rings. The zero-order valence-corrected chi connectivity index (χ0v) is 20.1. The van der Waals surface area contributed by atoms with E-state index in [1.807, 2.05) is 0 Å². The summed E-state index contributed by atoms with van der Waals surface area (Å²) in [7, 11) is 0. The van der Waals surface area contributed by atoms with E-state index in [1.165, 1.54) is 57.8 Å². The average Bonchev–Trinajstić information content (AvgIpc) is 3.05. The maximum atomic E-state index is 12.4. The monoisotopic (exact) mass is 412 g/mol. The van der Waals surface area contributed by atoms with Crippen LogP contribution < -0.4 is 0 Å². The second kappa shape index (κ2) is 8.19. The maximum Gasteiger partial charge on any atom is 0.334 e. The SMILES string of the molecule is CC(C)CCC[C@@H](C)[C@H]1CC[C@H]2[C@@H]3CC[C@H]4CC(=O)C(=[N+]=[N-])C[C@]4(C)[C@H]3CC[C@]12C. The van der Waals surface area contributed by atoms with Crippen LogP contribution in [0.5, 0.6) is 0 Å². The fourth-order valence-corrected chi connectivity index (χ4v) is 9.06. The Morgan fingerprint density at radius 1 is 1.00 bits per heavy atom. The van der Waals surface area contributed by atoms with Crippen molar-refractivity contribution in [3.05, 3.63) is 5.53 Å². The maximum absolute atomic E-state index is 12.4. The molecule has 0 amide bonds. The third-order valence-electron chi connectivity index (χ3n) is 10.7. The molecule has 0 aromatic rings. The van der Waals surface area contributed by atoms with Crippen molar-refractivity contribution in [1.82, 2.24) is 0 Å². The van der Waals surface area contributed by atoms with E-state index in [0.717, 1.165) is 29.6 Å². The molecule has 3 heteroatoms. The van der Waals surface area contributed by atoms with Crippen LogP contribution in [0.3, 0.4) is 0 Å². The fraction of sp³-hybridized carbons (Fsp3) is 0.926. The first-order valence-corrected chi connectivity index (χ1v) is 12.9. The Labute approximate surface area is 184 Å². The number of rotatable bonds is 5. The Morgan fingerprint density at radius 2 is 1.73 bits per heavy atom. The predicted octanol–water partition coefficient (Wildman–Crippen LogP) is 6.96. The molecular weight excluding hydrogens is 368 g/mol. The van der Waals surface area contributed by atoms with Gasteiger partial charge in [0.1, 0.15) is 0 Å². The van der Waals surface area contributed by atoms with Gasteiger partial charge in [0.05, 0.1) is 6.42 Å². The largest absolute Gasteiger partial charge is 0.361 e. The van der Waals surface area contributed by atoms with Crippen molar-refractivity contribution in [2.45, 2.75) is 105 Å². The molecule has 0 heterocycles. The van der Waals surface area contributed by atoms with Gasteiger partial charge in [-0.3, -0.25) is 4.79 Å². The summed E-state index contributed by atoms with van der Waals surface area (Å²) in [6, 6.07) is 0. The molecule has 168 valence electrons. The van der Waals surface area contributed by atoms with Gasteiger partial charge in [-0.2, -0.15) is 4.79 Å². The summed E-state index contributed by atoms with van der Waals surface area (Å²) in [4.78, 5) is 15.8. The lowest BCUT2D eigenvalue weighted by molar-refractivity contribution is -0.135. The molecule has 0 aromatic heterocycles. The summed E-state index contributed by atoms with van der Waals surface area (Å²) in [6.07, 6.45) is 13.5. The minimum atomic E-state index is 0.0928. The molecule has 30 heavy (non-hydrogen) atoms. The summed E-state index contributed by atoms with van der Waals surface area (Å²) in [6.45, 7) is 12.3. The second-order valence-electron chi connectivity index (χ2n) is 12.5. The first kappa shape index (κ1) is 22.3. The quantitative estimate of drug-likeness (QED) is 0.356. The van der Waals surface area contributed by atoms with Crippen LogP contribution in [0.4, 0.5) is 0 Å². The molecule has 0 spiro atoms. The van der Waals surface area contributed by atoms with Gasteiger partial charge in [0, 0.05) is 6.42 Å². The van der Waals surface area contributed by atoms with Gasteiger partial charge in [0.2, 0.25) is 5.78 Å². The van der Waals surface area contributed by atoms with Crippen molar-refractivity contribution in [2.75, 3.05) is 0 Å². The number of Topliss-reactive ketones (excluding diaryl/α,β-unsaturated/α-hetero) is 1. The molecule has 8 atom stereocenters. The van der Waals surface area contributed by atoms with Crippen LogP contribution >= 0.6 is 0 Å². The number of fused-ring (bicyclic) bond motifs is 5. The van der Waals surface area contributed by atoms with Gasteiger partial charge in [-0.25, -0.2) is 0 Å². The average molecular weight is 413 g/mol. The molecule has 0 saturated heterocycles. The number of hydrogen-bond donors (Lipinski definition) is 0. The van der Waals surface area contributed by atoms with Crippen LogP contribution in [0.1, 0.15) is 105 Å². The highest BCUT2D eigenvalue weighted by molar-refractivity contribution is 6.38. The van der Waals surface area contributed by atoms with Crippen LogP contribution in [-0.4, -0.2) is 16.3 Å². The molecule has 0 radical (unpaired) electrons. The Hall–Kier alpha value is -0.950. The lowest BCUT2D eigenvalue weighted by Crippen LogP contribution is -2.55. The minimum Gasteiger partial charge on any atom is -0.361 e. The van der Waals surface area contributed by atoms with Gasteiger partial charge in [-0.1, -0.05) is 53.9 Å². The van der Waals surface area contributed by atoms with Crippen molar-refractivity contribution >= 4 is 11.5 Å². The smallest absolute Gasteiger partial charge is 0.334 e. The van der Waals surface area contributed by atoms with Crippen LogP contribution in [0.15, 0.2) is 0 Å². The topological polar surface area (TPSA) is 53.5 Å². The van der Waals surface area contributed by atoms with Crippen molar-refractivity contribution in [2.24, 2.45) is 52.3 Å². The minimum absolute atomic E-state index is 0.0928. The summed E-state index contributed by atoms with van der Waals surface area (Å²) < 4.78 is 0. The lowest BCUT2D eigenvalue weighted by atomic mass is 9.44. The van der Waals surface area contributed by atoms with Crippen LogP contribution in [0.2, 0.25) is 0 Å². The van der Waals surface area contributed by atoms with Gasteiger partial charge < -0.3 is 5.53 Å². The Morgan fingerprint density at radius 3 is 2.43 bits per heavy atom. The molecule has 4 fully saturated rings. The highest BCUT2D eigenvalue weighted by atomic mass is 16.1. The predicted molar refractivity (Wildman–Crippen MR) is 122 cm³/mol. The molecule has 4 aliphatic carbocycles. The van der Waals surface area contributed by atoms with Crippen LogP contribution in [0.25, 0.3) is 5.53 Å². The highest BCUT2D eigenvalue weighted by Gasteiger charge is 2.62. The zero-order chi connectivity index (χ0) is 21.7. The van der Waals surface area contributed by atoms with E-state index in [9.17, 15) is 10.3 Å². The third-order valence-corrected chi connectivity index (χ3v) is 10.7. The molecule has 3 nitrogen and oxygen atoms in total. The standard InChI is InChI=1S/C27H44N2O/c1-17(2)7-6-8-18(3)21-11-12-22-20-10-9-19-15-25(30)24(29-28)16-27(19,5)23(20)13-14-26(21,22)4/h17-23H,6-16H2,1-5H3/t18-,19+,20+,21-,22+,23+,26-,27+/m1/s1. The molecular formula is C27H44N2O. The number of hydrogen-bond acceptors (Lipinski definition) is 1. The third kappa shape index (κ3) is 3.54. The van der Waals surface area contributed by atoms with Gasteiger partial charge in [-0.15, -0.1) is 0 Å². The molecule has 0 unspecified atom stereocenters. The van der Waals surface area contributed by atoms with Crippen LogP contribution in [-0.2, 0) is 4.79 Å². The fourth-order valence-electron chi connectivity index (χ4n) is 9.06.